The number of H-pyrrole nitrogens is 1. The highest BCUT2D eigenvalue weighted by molar-refractivity contribution is 5.80. The minimum Gasteiger partial charge on any atom is -0.318 e. The van der Waals surface area contributed by atoms with Crippen molar-refractivity contribution in [2.45, 2.75) is 72.5 Å². The largest absolute Gasteiger partial charge is 0.332 e. The van der Waals surface area contributed by atoms with Crippen LogP contribution in [0.4, 0.5) is 0 Å². The molecule has 0 fully saturated rings. The van der Waals surface area contributed by atoms with E-state index in [0.29, 0.717) is 43.0 Å². The third-order valence-electron chi connectivity index (χ3n) is 8.33. The summed E-state index contributed by atoms with van der Waals surface area (Å²) < 4.78 is 5.17. The van der Waals surface area contributed by atoms with Gasteiger partial charge in [-0.1, -0.05) is 112 Å². The number of rotatable bonds is 13. The Morgan fingerprint density at radius 1 is 0.783 bits per heavy atom. The minimum atomic E-state index is -0.295. The van der Waals surface area contributed by atoms with Crippen molar-refractivity contribution in [3.8, 4) is 22.5 Å². The van der Waals surface area contributed by atoms with Crippen molar-refractivity contribution >= 4 is 11.2 Å². The maximum atomic E-state index is 14.2. The maximum Gasteiger partial charge on any atom is 0.332 e. The van der Waals surface area contributed by atoms with Gasteiger partial charge in [-0.2, -0.15) is 5.21 Å². The van der Waals surface area contributed by atoms with Crippen molar-refractivity contribution in [2.24, 2.45) is 5.92 Å². The lowest BCUT2D eigenvalue weighted by atomic mass is 9.98. The highest BCUT2D eigenvalue weighted by Crippen LogP contribution is 2.30. The third-order valence-corrected chi connectivity index (χ3v) is 8.33. The molecule has 0 saturated carbocycles. The van der Waals surface area contributed by atoms with E-state index in [1.54, 1.807) is 4.57 Å². The first-order chi connectivity index (χ1) is 22.4. The van der Waals surface area contributed by atoms with Crippen molar-refractivity contribution in [1.82, 2.24) is 39.3 Å². The molecule has 10 nitrogen and oxygen atoms in total. The average molecular weight is 617 g/mol. The highest BCUT2D eigenvalue weighted by atomic mass is 16.2. The van der Waals surface area contributed by atoms with Crippen LogP contribution >= 0.6 is 0 Å². The fraction of sp³-hybridized carbons (Fsp3) is 0.333. The Balaban J connectivity index is 1.42. The summed E-state index contributed by atoms with van der Waals surface area (Å²) in [5, 5.41) is 14.6. The lowest BCUT2D eigenvalue weighted by molar-refractivity contribution is 0.486. The summed E-state index contributed by atoms with van der Waals surface area (Å²) in [5.74, 6) is 1.58. The fourth-order valence-electron chi connectivity index (χ4n) is 6.02. The standard InChI is InChI=1S/C36H40N8O2/c1-4-5-7-16-31-37-34-32(35(45)42(36(46)44(34)23-25(2)3)22-21-26-12-8-6-9-13-26)43(31)24-27-17-19-28(20-18-27)29-14-10-11-15-30(29)33-38-40-41-39-33/h6,8-15,17-20,25H,4-5,7,16,21-24H2,1-3H3,(H,38,39,40,41). The van der Waals surface area contributed by atoms with Gasteiger partial charge in [0.05, 0.1) is 0 Å². The second-order valence-corrected chi connectivity index (χ2v) is 12.2. The summed E-state index contributed by atoms with van der Waals surface area (Å²) in [4.78, 5) is 33.1. The van der Waals surface area contributed by atoms with Gasteiger partial charge >= 0.3 is 5.69 Å². The number of hydrogen-bond donors (Lipinski definition) is 1. The second-order valence-electron chi connectivity index (χ2n) is 12.2. The van der Waals surface area contributed by atoms with Gasteiger partial charge in [0, 0.05) is 31.6 Å². The van der Waals surface area contributed by atoms with Crippen LogP contribution in [0.15, 0.2) is 88.5 Å². The van der Waals surface area contributed by atoms with Crippen molar-refractivity contribution in [1.29, 1.82) is 0 Å². The number of tetrazole rings is 1. The Labute approximate surface area is 267 Å². The summed E-state index contributed by atoms with van der Waals surface area (Å²) in [6.45, 7) is 7.59. The Hall–Kier alpha value is -5.12. The number of unbranched alkanes of at least 4 members (excludes halogenated alkanes) is 2. The molecule has 1 N–H and O–H groups in total. The molecule has 0 aliphatic rings. The van der Waals surface area contributed by atoms with Crippen LogP contribution in [0.25, 0.3) is 33.7 Å². The molecule has 0 spiro atoms. The smallest absolute Gasteiger partial charge is 0.318 e. The first kappa shape index (κ1) is 30.9. The number of imidazole rings is 1. The predicted molar refractivity (Wildman–Crippen MR) is 181 cm³/mol. The van der Waals surface area contributed by atoms with Crippen LogP contribution in [0.3, 0.4) is 0 Å². The van der Waals surface area contributed by atoms with E-state index in [-0.39, 0.29) is 17.2 Å². The van der Waals surface area contributed by atoms with E-state index in [9.17, 15) is 9.59 Å². The molecule has 0 aliphatic carbocycles. The number of fused-ring (bicyclic) bond motifs is 1. The van der Waals surface area contributed by atoms with E-state index in [0.717, 1.165) is 59.3 Å². The Morgan fingerprint density at radius 2 is 1.52 bits per heavy atom. The number of aromatic nitrogens is 8. The monoisotopic (exact) mass is 616 g/mol. The number of hydrogen-bond acceptors (Lipinski definition) is 6. The summed E-state index contributed by atoms with van der Waals surface area (Å²) in [7, 11) is 0. The zero-order valence-electron chi connectivity index (χ0n) is 26.7. The predicted octanol–water partition coefficient (Wildman–Crippen LogP) is 5.89. The van der Waals surface area contributed by atoms with Crippen LogP contribution in [-0.2, 0) is 32.5 Å². The van der Waals surface area contributed by atoms with Gasteiger partial charge in [-0.3, -0.25) is 13.9 Å². The summed E-state index contributed by atoms with van der Waals surface area (Å²) in [6.07, 6.45) is 4.43. The molecule has 0 unspecified atom stereocenters. The quantitative estimate of drug-likeness (QED) is 0.162. The van der Waals surface area contributed by atoms with Crippen molar-refractivity contribution in [3.63, 3.8) is 0 Å². The molecule has 0 saturated heterocycles. The average Bonchev–Trinajstić information content (AvgIpc) is 3.73. The molecule has 3 aromatic carbocycles. The highest BCUT2D eigenvalue weighted by Gasteiger charge is 2.22. The van der Waals surface area contributed by atoms with Gasteiger partial charge in [0.1, 0.15) is 5.82 Å². The number of aromatic amines is 1. The van der Waals surface area contributed by atoms with Crippen LogP contribution in [0.1, 0.15) is 57.0 Å². The number of nitrogens with one attached hydrogen (secondary N) is 1. The SMILES string of the molecule is CCCCCc1nc2c(c(=O)n(CCc3ccccc3)c(=O)n2CC(C)C)n1Cc1ccc(-c2ccccc2-c2nn[nH]n2)cc1. The lowest BCUT2D eigenvalue weighted by Crippen LogP contribution is -2.41. The molecule has 236 valence electrons. The van der Waals surface area contributed by atoms with Crippen molar-refractivity contribution in [3.05, 3.63) is 117 Å². The van der Waals surface area contributed by atoms with Crippen LogP contribution < -0.4 is 11.2 Å². The van der Waals surface area contributed by atoms with Crippen LogP contribution in [0, 0.1) is 5.92 Å². The molecule has 6 rings (SSSR count). The Bertz CT molecular complexity index is 2020. The number of nitrogens with zero attached hydrogens (tertiary/aromatic N) is 7. The van der Waals surface area contributed by atoms with Gasteiger partial charge in [-0.05, 0) is 46.2 Å². The van der Waals surface area contributed by atoms with Gasteiger partial charge in [-0.15, -0.1) is 10.2 Å². The van der Waals surface area contributed by atoms with E-state index in [1.807, 2.05) is 59.2 Å². The molecule has 6 aromatic rings. The van der Waals surface area contributed by atoms with Crippen molar-refractivity contribution in [2.75, 3.05) is 0 Å². The molecule has 0 aliphatic heterocycles. The third kappa shape index (κ3) is 6.47. The lowest BCUT2D eigenvalue weighted by Gasteiger charge is -2.15. The van der Waals surface area contributed by atoms with Gasteiger partial charge in [0.25, 0.3) is 5.56 Å². The van der Waals surface area contributed by atoms with Gasteiger partial charge in [0.15, 0.2) is 11.2 Å². The fourth-order valence-corrected chi connectivity index (χ4v) is 6.02. The molecular weight excluding hydrogens is 576 g/mol. The normalized spacial score (nSPS) is 11.6. The zero-order chi connectivity index (χ0) is 32.0. The molecule has 0 bridgehead atoms. The molecule has 10 heteroatoms. The van der Waals surface area contributed by atoms with E-state index in [1.165, 1.54) is 4.57 Å². The molecule has 0 amide bonds. The van der Waals surface area contributed by atoms with Crippen LogP contribution in [0.2, 0.25) is 0 Å². The molecule has 3 aromatic heterocycles. The number of aryl methyl sites for hydroxylation is 2. The van der Waals surface area contributed by atoms with Crippen molar-refractivity contribution < 1.29 is 0 Å². The van der Waals surface area contributed by atoms with E-state index in [4.69, 9.17) is 4.98 Å². The molecule has 46 heavy (non-hydrogen) atoms. The molecule has 3 heterocycles. The summed E-state index contributed by atoms with van der Waals surface area (Å²) in [5.41, 5.74) is 5.44. The molecule has 0 radical (unpaired) electrons. The first-order valence-electron chi connectivity index (χ1n) is 16.1. The minimum absolute atomic E-state index is 0.206. The van der Waals surface area contributed by atoms with Crippen LogP contribution in [-0.4, -0.2) is 39.3 Å². The maximum absolute atomic E-state index is 14.2. The van der Waals surface area contributed by atoms with E-state index < -0.39 is 0 Å². The van der Waals surface area contributed by atoms with Gasteiger partial charge in [0.2, 0.25) is 5.82 Å². The molecular formula is C36H40N8O2. The summed E-state index contributed by atoms with van der Waals surface area (Å²) in [6, 6.07) is 26.3. The number of benzene rings is 3. The Morgan fingerprint density at radius 3 is 2.22 bits per heavy atom. The zero-order valence-corrected chi connectivity index (χ0v) is 26.7. The van der Waals surface area contributed by atoms with E-state index in [2.05, 4.69) is 65.7 Å². The van der Waals surface area contributed by atoms with E-state index >= 15 is 0 Å². The first-order valence-corrected chi connectivity index (χ1v) is 16.1. The topological polar surface area (TPSA) is 116 Å². The van der Waals surface area contributed by atoms with Gasteiger partial charge in [-0.25, -0.2) is 9.78 Å². The molecule has 0 atom stereocenters. The van der Waals surface area contributed by atoms with Gasteiger partial charge < -0.3 is 4.57 Å². The summed E-state index contributed by atoms with van der Waals surface area (Å²) >= 11 is 0. The second kappa shape index (κ2) is 13.9. The van der Waals surface area contributed by atoms with Crippen LogP contribution in [0.5, 0.6) is 0 Å². The Kier molecular flexibility index (Phi) is 9.33.